The molecule has 2 N–H and O–H groups in total. The Bertz CT molecular complexity index is 958. The van der Waals surface area contributed by atoms with Crippen LogP contribution in [0.5, 0.6) is 0 Å². The molecule has 8 heteroatoms. The SMILES string of the molecule is CC(C)C(=O)O[C@@H](OC(=O)NC[C@H](Cc1ccccc1-c1ccc(F)cc1)C(=O)O)C(C)C. The molecular weight excluding hydrogens is 429 g/mol. The second kappa shape index (κ2) is 12.0. The molecule has 0 aromatic heterocycles. The third kappa shape index (κ3) is 7.89. The van der Waals surface area contributed by atoms with Crippen molar-refractivity contribution in [3.8, 4) is 11.1 Å². The van der Waals surface area contributed by atoms with E-state index in [1.54, 1.807) is 52.0 Å². The summed E-state index contributed by atoms with van der Waals surface area (Å²) in [5.74, 6) is -3.54. The highest BCUT2D eigenvalue weighted by molar-refractivity contribution is 5.75. The summed E-state index contributed by atoms with van der Waals surface area (Å²) in [6.45, 7) is 6.62. The van der Waals surface area contributed by atoms with E-state index < -0.39 is 30.2 Å². The molecule has 2 aromatic rings. The fourth-order valence-corrected chi connectivity index (χ4v) is 3.02. The quantitative estimate of drug-likeness (QED) is 0.396. The van der Waals surface area contributed by atoms with Crippen molar-refractivity contribution in [3.05, 3.63) is 59.9 Å². The zero-order valence-corrected chi connectivity index (χ0v) is 19.2. The maximum absolute atomic E-state index is 13.3. The molecule has 0 saturated carbocycles. The second-order valence-electron chi connectivity index (χ2n) is 8.39. The Morgan fingerprint density at radius 2 is 1.61 bits per heavy atom. The van der Waals surface area contributed by atoms with Crippen molar-refractivity contribution in [2.75, 3.05) is 6.54 Å². The van der Waals surface area contributed by atoms with Gasteiger partial charge < -0.3 is 19.9 Å². The zero-order valence-electron chi connectivity index (χ0n) is 19.2. The van der Waals surface area contributed by atoms with E-state index in [-0.39, 0.29) is 30.6 Å². The molecule has 33 heavy (non-hydrogen) atoms. The molecule has 178 valence electrons. The van der Waals surface area contributed by atoms with Crippen molar-refractivity contribution in [2.45, 2.75) is 40.4 Å². The molecule has 0 aliphatic carbocycles. The summed E-state index contributed by atoms with van der Waals surface area (Å²) in [7, 11) is 0. The van der Waals surface area contributed by atoms with Crippen LogP contribution >= 0.6 is 0 Å². The van der Waals surface area contributed by atoms with Crippen molar-refractivity contribution in [2.24, 2.45) is 17.8 Å². The minimum absolute atomic E-state index is 0.138. The number of amides is 1. The van der Waals surface area contributed by atoms with Gasteiger partial charge in [-0.3, -0.25) is 9.59 Å². The van der Waals surface area contributed by atoms with Gasteiger partial charge in [-0.05, 0) is 35.2 Å². The summed E-state index contributed by atoms with van der Waals surface area (Å²) in [6, 6.07) is 13.2. The minimum atomic E-state index is -1.09. The van der Waals surface area contributed by atoms with Crippen LogP contribution in [0.4, 0.5) is 9.18 Å². The van der Waals surface area contributed by atoms with Crippen LogP contribution in [-0.2, 0) is 25.5 Å². The molecule has 0 saturated heterocycles. The number of hydrogen-bond donors (Lipinski definition) is 2. The molecule has 0 fully saturated rings. The Balaban J connectivity index is 2.06. The lowest BCUT2D eigenvalue weighted by atomic mass is 9.92. The fraction of sp³-hybridized carbons (Fsp3) is 0.400. The van der Waals surface area contributed by atoms with E-state index in [2.05, 4.69) is 5.32 Å². The van der Waals surface area contributed by atoms with E-state index in [0.717, 1.165) is 16.7 Å². The van der Waals surface area contributed by atoms with E-state index in [4.69, 9.17) is 9.47 Å². The molecule has 2 atom stereocenters. The van der Waals surface area contributed by atoms with Gasteiger partial charge in [0.25, 0.3) is 6.29 Å². The molecule has 0 radical (unpaired) electrons. The van der Waals surface area contributed by atoms with Crippen LogP contribution in [0.15, 0.2) is 48.5 Å². The molecule has 0 heterocycles. The van der Waals surface area contributed by atoms with E-state index in [1.165, 1.54) is 12.1 Å². The number of benzene rings is 2. The molecule has 0 aliphatic heterocycles. The molecule has 1 amide bonds. The number of carboxylic acids is 1. The molecular formula is C25H30FNO6. The number of esters is 1. The number of rotatable bonds is 10. The Labute approximate surface area is 192 Å². The van der Waals surface area contributed by atoms with Gasteiger partial charge in [0.05, 0.1) is 11.8 Å². The maximum Gasteiger partial charge on any atom is 0.410 e. The Morgan fingerprint density at radius 3 is 2.18 bits per heavy atom. The number of aliphatic carboxylic acids is 1. The molecule has 2 rings (SSSR count). The number of halogens is 1. The van der Waals surface area contributed by atoms with Crippen LogP contribution in [0.3, 0.4) is 0 Å². The van der Waals surface area contributed by atoms with Gasteiger partial charge in [-0.25, -0.2) is 9.18 Å². The summed E-state index contributed by atoms with van der Waals surface area (Å²) in [5, 5.41) is 12.1. The minimum Gasteiger partial charge on any atom is -0.481 e. The normalized spacial score (nSPS) is 12.8. The molecule has 2 aromatic carbocycles. The second-order valence-corrected chi connectivity index (χ2v) is 8.39. The maximum atomic E-state index is 13.3. The Kier molecular flexibility index (Phi) is 9.39. The topological polar surface area (TPSA) is 102 Å². The summed E-state index contributed by atoms with van der Waals surface area (Å²) in [5.41, 5.74) is 2.29. The van der Waals surface area contributed by atoms with Gasteiger partial charge in [-0.1, -0.05) is 64.1 Å². The first-order valence-corrected chi connectivity index (χ1v) is 10.8. The van der Waals surface area contributed by atoms with E-state index in [9.17, 15) is 23.9 Å². The molecule has 0 bridgehead atoms. The van der Waals surface area contributed by atoms with Crippen molar-refractivity contribution in [3.63, 3.8) is 0 Å². The molecule has 0 spiro atoms. The summed E-state index contributed by atoms with van der Waals surface area (Å²) < 4.78 is 23.7. The van der Waals surface area contributed by atoms with Crippen molar-refractivity contribution >= 4 is 18.0 Å². The monoisotopic (exact) mass is 459 g/mol. The van der Waals surface area contributed by atoms with Crippen LogP contribution in [0.2, 0.25) is 0 Å². The van der Waals surface area contributed by atoms with Crippen LogP contribution in [-0.4, -0.2) is 36.0 Å². The first-order chi connectivity index (χ1) is 15.6. The number of ether oxygens (including phenoxy) is 2. The third-order valence-electron chi connectivity index (χ3n) is 4.95. The Morgan fingerprint density at radius 1 is 0.970 bits per heavy atom. The predicted molar refractivity (Wildman–Crippen MR) is 121 cm³/mol. The molecule has 7 nitrogen and oxygen atoms in total. The van der Waals surface area contributed by atoms with E-state index in [0.29, 0.717) is 0 Å². The molecule has 0 aliphatic rings. The lowest BCUT2D eigenvalue weighted by Gasteiger charge is -2.23. The van der Waals surface area contributed by atoms with Gasteiger partial charge in [-0.15, -0.1) is 0 Å². The molecule has 0 unspecified atom stereocenters. The first kappa shape index (κ1) is 25.8. The lowest BCUT2D eigenvalue weighted by Crippen LogP contribution is -2.39. The fourth-order valence-electron chi connectivity index (χ4n) is 3.02. The van der Waals surface area contributed by atoms with Gasteiger partial charge in [0.2, 0.25) is 0 Å². The van der Waals surface area contributed by atoms with Crippen LogP contribution in [0, 0.1) is 23.6 Å². The highest BCUT2D eigenvalue weighted by Crippen LogP contribution is 2.26. The number of carbonyl (C=O) groups excluding carboxylic acids is 2. The van der Waals surface area contributed by atoms with Gasteiger partial charge in [0, 0.05) is 12.5 Å². The Hall–Kier alpha value is -3.42. The van der Waals surface area contributed by atoms with Crippen molar-refractivity contribution in [1.82, 2.24) is 5.32 Å². The standard InChI is InChI=1S/C25H30FNO6/c1-15(2)23(30)32-24(16(3)4)33-25(31)27-14-19(22(28)29)13-18-7-5-6-8-21(18)17-9-11-20(26)12-10-17/h5-12,15-16,19,24H,13-14H2,1-4H3,(H,27,31)(H,28,29)/t19-,24-/m0/s1. The smallest absolute Gasteiger partial charge is 0.410 e. The van der Waals surface area contributed by atoms with Gasteiger partial charge in [0.1, 0.15) is 5.82 Å². The highest BCUT2D eigenvalue weighted by atomic mass is 19.1. The summed E-state index contributed by atoms with van der Waals surface area (Å²) in [4.78, 5) is 35.9. The third-order valence-corrected chi connectivity index (χ3v) is 4.95. The van der Waals surface area contributed by atoms with Gasteiger partial charge >= 0.3 is 18.0 Å². The zero-order chi connectivity index (χ0) is 24.5. The van der Waals surface area contributed by atoms with Crippen LogP contribution < -0.4 is 5.32 Å². The van der Waals surface area contributed by atoms with E-state index >= 15 is 0 Å². The summed E-state index contributed by atoms with van der Waals surface area (Å²) >= 11 is 0. The number of carboxylic acid groups (broad SMARTS) is 1. The van der Waals surface area contributed by atoms with Crippen molar-refractivity contribution < 1.29 is 33.4 Å². The lowest BCUT2D eigenvalue weighted by molar-refractivity contribution is -0.178. The van der Waals surface area contributed by atoms with Crippen LogP contribution in [0.1, 0.15) is 33.3 Å². The average Bonchev–Trinajstić information content (AvgIpc) is 2.76. The number of hydrogen-bond acceptors (Lipinski definition) is 5. The predicted octanol–water partition coefficient (Wildman–Crippen LogP) is 4.64. The van der Waals surface area contributed by atoms with E-state index in [1.807, 2.05) is 12.1 Å². The van der Waals surface area contributed by atoms with Crippen molar-refractivity contribution in [1.29, 1.82) is 0 Å². The van der Waals surface area contributed by atoms with Gasteiger partial charge in [-0.2, -0.15) is 0 Å². The largest absolute Gasteiger partial charge is 0.481 e. The number of nitrogens with one attached hydrogen (secondary N) is 1. The number of carbonyl (C=O) groups is 3. The summed E-state index contributed by atoms with van der Waals surface area (Å²) in [6.07, 6.45) is -1.82. The average molecular weight is 460 g/mol. The van der Waals surface area contributed by atoms with Gasteiger partial charge in [0.15, 0.2) is 0 Å². The van der Waals surface area contributed by atoms with Crippen LogP contribution in [0.25, 0.3) is 11.1 Å². The number of alkyl carbamates (subject to hydrolysis) is 1. The first-order valence-electron chi connectivity index (χ1n) is 10.8. The highest BCUT2D eigenvalue weighted by Gasteiger charge is 2.26.